The first-order valence-corrected chi connectivity index (χ1v) is 6.68. The summed E-state index contributed by atoms with van der Waals surface area (Å²) in [6, 6.07) is 5.01. The lowest BCUT2D eigenvalue weighted by Gasteiger charge is -2.07. The van der Waals surface area contributed by atoms with Gasteiger partial charge in [0.05, 0.1) is 11.1 Å². The Morgan fingerprint density at radius 2 is 1.82 bits per heavy atom. The maximum absolute atomic E-state index is 12.7. The van der Waals surface area contributed by atoms with Gasteiger partial charge in [0, 0.05) is 4.88 Å². The predicted molar refractivity (Wildman–Crippen MR) is 76.5 cm³/mol. The Labute approximate surface area is 126 Å². The largest absolute Gasteiger partial charge is 0.416 e. The van der Waals surface area contributed by atoms with Crippen LogP contribution in [-0.2, 0) is 6.18 Å². The second-order valence-corrected chi connectivity index (χ2v) is 5.34. The van der Waals surface area contributed by atoms with Crippen LogP contribution in [0.1, 0.15) is 15.9 Å². The molecule has 2 aromatic rings. The molecule has 9 heteroatoms. The number of nitrogens with two attached hydrogens (primary N) is 2. The highest BCUT2D eigenvalue weighted by Gasteiger charge is 2.30. The fourth-order valence-electron chi connectivity index (χ4n) is 1.77. The van der Waals surface area contributed by atoms with E-state index in [1.807, 2.05) is 0 Å². The van der Waals surface area contributed by atoms with Gasteiger partial charge in [-0.05, 0) is 23.8 Å². The topological polar surface area (TPSA) is 98.2 Å². The van der Waals surface area contributed by atoms with Crippen LogP contribution >= 0.6 is 11.3 Å². The molecule has 0 aliphatic carbocycles. The van der Waals surface area contributed by atoms with Crippen LogP contribution in [-0.4, -0.2) is 11.9 Å². The minimum atomic E-state index is -4.48. The highest BCUT2D eigenvalue weighted by molar-refractivity contribution is 7.20. The number of thiophene rings is 1. The van der Waals surface area contributed by atoms with Crippen molar-refractivity contribution in [2.75, 3.05) is 5.32 Å². The first-order valence-electron chi connectivity index (χ1n) is 5.86. The standard InChI is InChI=1S/C13H10F3N3O2S/c14-13(15,16)7-3-1-2-6(4-7)9-5-8(10(17)20)11(22-9)19-12(18)21/h1-5H,(H2,17,20)(H3,18,19,21). The second kappa shape index (κ2) is 5.68. The third-order valence-corrected chi connectivity index (χ3v) is 3.81. The number of halogens is 3. The molecule has 1 aromatic carbocycles. The van der Waals surface area contributed by atoms with Crippen LogP contribution < -0.4 is 16.8 Å². The molecule has 116 valence electrons. The van der Waals surface area contributed by atoms with Crippen LogP contribution in [0.25, 0.3) is 10.4 Å². The Hall–Kier alpha value is -2.55. The van der Waals surface area contributed by atoms with Gasteiger partial charge in [-0.2, -0.15) is 13.2 Å². The number of primary amides is 2. The molecule has 0 spiro atoms. The molecule has 1 aromatic heterocycles. The van der Waals surface area contributed by atoms with Crippen molar-refractivity contribution >= 4 is 28.3 Å². The molecule has 0 saturated heterocycles. The Bertz CT molecular complexity index is 740. The van der Waals surface area contributed by atoms with E-state index in [-0.39, 0.29) is 16.1 Å². The number of hydrogen-bond donors (Lipinski definition) is 3. The van der Waals surface area contributed by atoms with E-state index < -0.39 is 23.7 Å². The number of benzene rings is 1. The van der Waals surface area contributed by atoms with Gasteiger partial charge in [-0.25, -0.2) is 4.79 Å². The maximum Gasteiger partial charge on any atom is 0.416 e. The first kappa shape index (κ1) is 15.8. The minimum absolute atomic E-state index is 0.0174. The molecule has 0 aliphatic rings. The summed E-state index contributed by atoms with van der Waals surface area (Å²) in [5.41, 5.74) is 9.57. The van der Waals surface area contributed by atoms with E-state index in [2.05, 4.69) is 5.32 Å². The summed E-state index contributed by atoms with van der Waals surface area (Å²) in [5.74, 6) is -0.821. The number of nitrogens with one attached hydrogen (secondary N) is 1. The average molecular weight is 329 g/mol. The number of rotatable bonds is 3. The van der Waals surface area contributed by atoms with Gasteiger partial charge in [0.15, 0.2) is 0 Å². The van der Waals surface area contributed by atoms with Crippen LogP contribution in [0.3, 0.4) is 0 Å². The van der Waals surface area contributed by atoms with Crippen molar-refractivity contribution < 1.29 is 22.8 Å². The normalized spacial score (nSPS) is 11.2. The van der Waals surface area contributed by atoms with E-state index in [1.165, 1.54) is 18.2 Å². The number of urea groups is 1. The molecule has 1 heterocycles. The molecular formula is C13H10F3N3O2S. The zero-order valence-corrected chi connectivity index (χ0v) is 11.7. The van der Waals surface area contributed by atoms with Gasteiger partial charge in [-0.15, -0.1) is 11.3 Å². The van der Waals surface area contributed by atoms with E-state index >= 15 is 0 Å². The van der Waals surface area contributed by atoms with Crippen molar-refractivity contribution in [1.29, 1.82) is 0 Å². The summed E-state index contributed by atoms with van der Waals surface area (Å²) < 4.78 is 38.2. The quantitative estimate of drug-likeness (QED) is 0.806. The highest BCUT2D eigenvalue weighted by Crippen LogP contribution is 2.38. The summed E-state index contributed by atoms with van der Waals surface area (Å²) in [6.07, 6.45) is -4.48. The molecule has 22 heavy (non-hydrogen) atoms. The third kappa shape index (κ3) is 3.37. The number of carbonyl (C=O) groups is 2. The van der Waals surface area contributed by atoms with Crippen molar-refractivity contribution in [3.63, 3.8) is 0 Å². The summed E-state index contributed by atoms with van der Waals surface area (Å²) >= 11 is 0.908. The molecule has 0 unspecified atom stereocenters. The van der Waals surface area contributed by atoms with Gasteiger partial charge < -0.3 is 11.5 Å². The average Bonchev–Trinajstić information content (AvgIpc) is 2.81. The number of anilines is 1. The van der Waals surface area contributed by atoms with Gasteiger partial charge in [0.25, 0.3) is 5.91 Å². The first-order chi connectivity index (χ1) is 10.2. The van der Waals surface area contributed by atoms with Crippen LogP contribution in [0.5, 0.6) is 0 Å². The summed E-state index contributed by atoms with van der Waals surface area (Å²) in [4.78, 5) is 22.6. The smallest absolute Gasteiger partial charge is 0.366 e. The van der Waals surface area contributed by atoms with E-state index in [0.29, 0.717) is 4.88 Å². The fourth-order valence-corrected chi connectivity index (χ4v) is 2.83. The van der Waals surface area contributed by atoms with E-state index in [0.717, 1.165) is 23.5 Å². The van der Waals surface area contributed by atoms with Crippen LogP contribution in [0, 0.1) is 0 Å². The van der Waals surface area contributed by atoms with Crippen LogP contribution in [0.15, 0.2) is 30.3 Å². The molecule has 2 rings (SSSR count). The van der Waals surface area contributed by atoms with Crippen LogP contribution in [0.4, 0.5) is 23.0 Å². The van der Waals surface area contributed by atoms with E-state index in [4.69, 9.17) is 11.5 Å². The van der Waals surface area contributed by atoms with Crippen molar-refractivity contribution in [3.05, 3.63) is 41.5 Å². The predicted octanol–water partition coefficient (Wildman–Crippen LogP) is 3.02. The zero-order valence-electron chi connectivity index (χ0n) is 10.9. The van der Waals surface area contributed by atoms with Crippen molar-refractivity contribution in [3.8, 4) is 10.4 Å². The van der Waals surface area contributed by atoms with E-state index in [9.17, 15) is 22.8 Å². The molecule has 3 amide bonds. The summed E-state index contributed by atoms with van der Waals surface area (Å²) in [6.45, 7) is 0. The van der Waals surface area contributed by atoms with E-state index in [1.54, 1.807) is 0 Å². The molecule has 0 aliphatic heterocycles. The minimum Gasteiger partial charge on any atom is -0.366 e. The number of hydrogen-bond acceptors (Lipinski definition) is 3. The van der Waals surface area contributed by atoms with Gasteiger partial charge in [-0.1, -0.05) is 12.1 Å². The Morgan fingerprint density at radius 1 is 1.14 bits per heavy atom. The highest BCUT2D eigenvalue weighted by atomic mass is 32.1. The van der Waals surface area contributed by atoms with Crippen LogP contribution in [0.2, 0.25) is 0 Å². The SMILES string of the molecule is NC(=O)Nc1sc(-c2cccc(C(F)(F)F)c2)cc1C(N)=O. The molecular weight excluding hydrogens is 319 g/mol. The summed E-state index contributed by atoms with van der Waals surface area (Å²) in [5, 5.41) is 2.31. The molecule has 0 radical (unpaired) electrons. The maximum atomic E-state index is 12.7. The summed E-state index contributed by atoms with van der Waals surface area (Å²) in [7, 11) is 0. The molecule has 0 bridgehead atoms. The molecule has 0 saturated carbocycles. The van der Waals surface area contributed by atoms with Gasteiger partial charge in [-0.3, -0.25) is 10.1 Å². The zero-order chi connectivity index (χ0) is 16.5. The van der Waals surface area contributed by atoms with Gasteiger partial charge >= 0.3 is 12.2 Å². The molecule has 5 N–H and O–H groups in total. The molecule has 5 nitrogen and oxygen atoms in total. The van der Waals surface area contributed by atoms with Gasteiger partial charge in [0.1, 0.15) is 5.00 Å². The lowest BCUT2D eigenvalue weighted by molar-refractivity contribution is -0.137. The van der Waals surface area contributed by atoms with Crippen molar-refractivity contribution in [2.24, 2.45) is 11.5 Å². The lowest BCUT2D eigenvalue weighted by atomic mass is 10.1. The van der Waals surface area contributed by atoms with Gasteiger partial charge in [0.2, 0.25) is 0 Å². The lowest BCUT2D eigenvalue weighted by Crippen LogP contribution is -2.21. The number of alkyl halides is 3. The second-order valence-electron chi connectivity index (χ2n) is 4.29. The monoisotopic (exact) mass is 329 g/mol. The Morgan fingerprint density at radius 3 is 2.36 bits per heavy atom. The third-order valence-electron chi connectivity index (χ3n) is 2.71. The van der Waals surface area contributed by atoms with Crippen molar-refractivity contribution in [1.82, 2.24) is 0 Å². The molecule has 0 fully saturated rings. The molecule has 0 atom stereocenters. The Kier molecular flexibility index (Phi) is 4.09. The number of amides is 3. The number of carbonyl (C=O) groups excluding carboxylic acids is 2. The van der Waals surface area contributed by atoms with Crippen molar-refractivity contribution in [2.45, 2.75) is 6.18 Å². The fraction of sp³-hybridized carbons (Fsp3) is 0.0769. The Balaban J connectivity index is 2.49.